The lowest BCUT2D eigenvalue weighted by Gasteiger charge is -2.12. The van der Waals surface area contributed by atoms with Gasteiger partial charge in [0.15, 0.2) is 0 Å². The summed E-state index contributed by atoms with van der Waals surface area (Å²) < 4.78 is 4.55. The van der Waals surface area contributed by atoms with Gasteiger partial charge in [-0.2, -0.15) is 0 Å². The molecular formula is C18H30O4. The predicted molar refractivity (Wildman–Crippen MR) is 87.4 cm³/mol. The molecule has 1 aliphatic carbocycles. The van der Waals surface area contributed by atoms with Crippen LogP contribution in [0.3, 0.4) is 0 Å². The monoisotopic (exact) mass is 310 g/mol. The molecule has 1 rings (SSSR count). The summed E-state index contributed by atoms with van der Waals surface area (Å²) in [4.78, 5) is 10.9. The summed E-state index contributed by atoms with van der Waals surface area (Å²) in [6, 6.07) is 0. The number of esters is 1. The summed E-state index contributed by atoms with van der Waals surface area (Å²) >= 11 is 0. The molecule has 0 amide bonds. The van der Waals surface area contributed by atoms with Crippen molar-refractivity contribution in [3.63, 3.8) is 0 Å². The van der Waals surface area contributed by atoms with Gasteiger partial charge in [-0.1, -0.05) is 37.1 Å². The van der Waals surface area contributed by atoms with Crippen LogP contribution in [0.4, 0.5) is 0 Å². The van der Waals surface area contributed by atoms with Gasteiger partial charge in [-0.05, 0) is 44.4 Å². The van der Waals surface area contributed by atoms with Crippen LogP contribution in [0.25, 0.3) is 0 Å². The quantitative estimate of drug-likeness (QED) is 0.369. The summed E-state index contributed by atoms with van der Waals surface area (Å²) in [5.41, 5.74) is 0. The average molecular weight is 310 g/mol. The second-order valence-corrected chi connectivity index (χ2v) is 6.00. The van der Waals surface area contributed by atoms with Crippen LogP contribution in [0.15, 0.2) is 24.3 Å². The number of unbranched alkanes of at least 4 members (excludes halogenated alkanes) is 1. The van der Waals surface area contributed by atoms with Crippen LogP contribution < -0.4 is 0 Å². The van der Waals surface area contributed by atoms with Crippen LogP contribution in [0.2, 0.25) is 0 Å². The topological polar surface area (TPSA) is 66.8 Å². The molecule has 1 saturated carbocycles. The van der Waals surface area contributed by atoms with Crippen molar-refractivity contribution in [2.75, 3.05) is 7.11 Å². The highest BCUT2D eigenvalue weighted by molar-refractivity contribution is 5.68. The molecule has 0 spiro atoms. The first-order valence-corrected chi connectivity index (χ1v) is 8.39. The minimum atomic E-state index is -0.502. The number of hydrogen-bond acceptors (Lipinski definition) is 4. The molecular weight excluding hydrogens is 280 g/mol. The Morgan fingerprint density at radius 2 is 1.82 bits per heavy atom. The van der Waals surface area contributed by atoms with Crippen molar-refractivity contribution in [1.82, 2.24) is 0 Å². The third kappa shape index (κ3) is 8.35. The molecule has 4 heteroatoms. The van der Waals surface area contributed by atoms with Crippen LogP contribution in [-0.2, 0) is 9.53 Å². The zero-order chi connectivity index (χ0) is 16.2. The van der Waals surface area contributed by atoms with Crippen molar-refractivity contribution in [3.8, 4) is 0 Å². The van der Waals surface area contributed by atoms with Crippen molar-refractivity contribution in [2.24, 2.45) is 5.92 Å². The summed E-state index contributed by atoms with van der Waals surface area (Å²) in [5.74, 6) is 0.213. The van der Waals surface area contributed by atoms with Crippen LogP contribution in [0.5, 0.6) is 0 Å². The zero-order valence-corrected chi connectivity index (χ0v) is 13.6. The van der Waals surface area contributed by atoms with Crippen LogP contribution in [0, 0.1) is 5.92 Å². The average Bonchev–Trinajstić information content (AvgIpc) is 3.04. The second-order valence-electron chi connectivity index (χ2n) is 6.00. The number of aliphatic hydroxyl groups excluding tert-OH is 2. The lowest BCUT2D eigenvalue weighted by Crippen LogP contribution is -2.14. The Morgan fingerprint density at radius 3 is 2.45 bits per heavy atom. The standard InChI is InChI=1S/C18H30O4/c1-22-18(21)14-8-12-16(19)11-4-2-3-5-13-17(20)15-9-6-7-10-15/h4-5,11,13,15-17,19-20H,2-3,6-10,12,14H2,1H3/b11-4-,13-5+. The van der Waals surface area contributed by atoms with Gasteiger partial charge in [0, 0.05) is 6.42 Å². The second kappa shape index (κ2) is 11.4. The van der Waals surface area contributed by atoms with Crippen molar-refractivity contribution < 1.29 is 19.7 Å². The third-order valence-corrected chi connectivity index (χ3v) is 4.18. The smallest absolute Gasteiger partial charge is 0.305 e. The van der Waals surface area contributed by atoms with Crippen molar-refractivity contribution in [3.05, 3.63) is 24.3 Å². The molecule has 2 N–H and O–H groups in total. The Kier molecular flexibility index (Phi) is 9.84. The Labute approximate surface area is 133 Å². The van der Waals surface area contributed by atoms with Gasteiger partial charge in [-0.15, -0.1) is 0 Å². The van der Waals surface area contributed by atoms with Gasteiger partial charge in [-0.25, -0.2) is 0 Å². The first-order valence-electron chi connectivity index (χ1n) is 8.39. The molecule has 0 aliphatic heterocycles. The maximum Gasteiger partial charge on any atom is 0.305 e. The van der Waals surface area contributed by atoms with Crippen LogP contribution >= 0.6 is 0 Å². The zero-order valence-electron chi connectivity index (χ0n) is 13.6. The number of allylic oxidation sites excluding steroid dienone is 2. The Balaban J connectivity index is 2.05. The Morgan fingerprint density at radius 1 is 1.18 bits per heavy atom. The summed E-state index contributed by atoms with van der Waals surface area (Å²) in [6.07, 6.45) is 14.9. The number of methoxy groups -OCH3 is 1. The molecule has 0 bridgehead atoms. The number of aliphatic hydroxyl groups is 2. The number of rotatable bonds is 10. The van der Waals surface area contributed by atoms with E-state index in [0.717, 1.165) is 25.7 Å². The van der Waals surface area contributed by atoms with E-state index >= 15 is 0 Å². The van der Waals surface area contributed by atoms with Crippen molar-refractivity contribution in [2.45, 2.75) is 70.0 Å². The highest BCUT2D eigenvalue weighted by Crippen LogP contribution is 2.28. The molecule has 0 saturated heterocycles. The van der Waals surface area contributed by atoms with E-state index in [0.29, 0.717) is 25.2 Å². The highest BCUT2D eigenvalue weighted by Gasteiger charge is 2.20. The molecule has 1 fully saturated rings. The van der Waals surface area contributed by atoms with Gasteiger partial charge in [-0.3, -0.25) is 4.79 Å². The molecule has 0 aromatic carbocycles. The molecule has 1 aliphatic rings. The lowest BCUT2D eigenvalue weighted by molar-refractivity contribution is -0.140. The summed E-state index contributed by atoms with van der Waals surface area (Å²) in [5, 5.41) is 19.7. The van der Waals surface area contributed by atoms with E-state index < -0.39 is 6.10 Å². The van der Waals surface area contributed by atoms with Gasteiger partial charge in [0.1, 0.15) is 0 Å². The first kappa shape index (κ1) is 18.9. The fourth-order valence-corrected chi connectivity index (χ4v) is 2.79. The van der Waals surface area contributed by atoms with E-state index in [1.165, 1.54) is 20.0 Å². The van der Waals surface area contributed by atoms with E-state index in [2.05, 4.69) is 4.74 Å². The van der Waals surface area contributed by atoms with E-state index in [1.54, 1.807) is 6.08 Å². The molecule has 0 aromatic heterocycles. The number of carbonyl (C=O) groups excluding carboxylic acids is 1. The minimum absolute atomic E-state index is 0.234. The largest absolute Gasteiger partial charge is 0.469 e. The lowest BCUT2D eigenvalue weighted by atomic mass is 10.0. The normalized spacial score (nSPS) is 19.0. The molecule has 2 atom stereocenters. The molecule has 4 nitrogen and oxygen atoms in total. The fraction of sp³-hybridized carbons (Fsp3) is 0.722. The maximum absolute atomic E-state index is 10.9. The van der Waals surface area contributed by atoms with Gasteiger partial charge < -0.3 is 14.9 Å². The number of ether oxygens (including phenoxy) is 1. The third-order valence-electron chi connectivity index (χ3n) is 4.18. The van der Waals surface area contributed by atoms with Crippen molar-refractivity contribution >= 4 is 5.97 Å². The van der Waals surface area contributed by atoms with Gasteiger partial charge in [0.25, 0.3) is 0 Å². The predicted octanol–water partition coefficient (Wildman–Crippen LogP) is 3.13. The molecule has 0 aromatic rings. The molecule has 22 heavy (non-hydrogen) atoms. The van der Waals surface area contributed by atoms with E-state index in [1.807, 2.05) is 18.2 Å². The van der Waals surface area contributed by atoms with E-state index in [4.69, 9.17) is 0 Å². The molecule has 126 valence electrons. The Bertz CT molecular complexity index is 356. The first-order chi connectivity index (χ1) is 10.6. The van der Waals surface area contributed by atoms with Gasteiger partial charge in [0.2, 0.25) is 0 Å². The highest BCUT2D eigenvalue weighted by atomic mass is 16.5. The molecule has 0 heterocycles. The number of hydrogen-bond donors (Lipinski definition) is 2. The summed E-state index contributed by atoms with van der Waals surface area (Å²) in [7, 11) is 1.37. The van der Waals surface area contributed by atoms with Gasteiger partial charge in [0.05, 0.1) is 19.3 Å². The molecule has 2 unspecified atom stereocenters. The fourth-order valence-electron chi connectivity index (χ4n) is 2.79. The minimum Gasteiger partial charge on any atom is -0.469 e. The molecule has 0 radical (unpaired) electrons. The van der Waals surface area contributed by atoms with Crippen LogP contribution in [0.1, 0.15) is 57.8 Å². The SMILES string of the molecule is COC(=O)CCCC(O)/C=C\CC/C=C/C(O)C1CCCC1. The van der Waals surface area contributed by atoms with Crippen LogP contribution in [-0.4, -0.2) is 35.5 Å². The van der Waals surface area contributed by atoms with Gasteiger partial charge >= 0.3 is 5.97 Å². The van der Waals surface area contributed by atoms with E-state index in [-0.39, 0.29) is 12.1 Å². The van der Waals surface area contributed by atoms with Crippen molar-refractivity contribution in [1.29, 1.82) is 0 Å². The van der Waals surface area contributed by atoms with E-state index in [9.17, 15) is 15.0 Å². The number of carbonyl (C=O) groups is 1. The summed E-state index contributed by atoms with van der Waals surface area (Å²) in [6.45, 7) is 0. The Hall–Kier alpha value is -1.13. The maximum atomic E-state index is 10.9.